The van der Waals surface area contributed by atoms with Crippen LogP contribution in [0.1, 0.15) is 26.2 Å². The molecule has 0 fully saturated rings. The highest BCUT2D eigenvalue weighted by atomic mass is 33.5. The number of carbonyl (C=O) groups excluding carboxylic acids is 2. The highest BCUT2D eigenvalue weighted by Crippen LogP contribution is 2.30. The summed E-state index contributed by atoms with van der Waals surface area (Å²) >= 11 is 9.48. The summed E-state index contributed by atoms with van der Waals surface area (Å²) in [5, 5.41) is 0. The third-order valence-electron chi connectivity index (χ3n) is 2.80. The Morgan fingerprint density at radius 1 is 0.636 bits per heavy atom. The number of Topliss-reactive ketones (excluding diaryl/α,β-unsaturated/α-hetero) is 2. The Balaban J connectivity index is 0.000000265. The number of rotatable bonds is 0. The van der Waals surface area contributed by atoms with Crippen LogP contribution in [0, 0.1) is 0 Å². The molecule has 178 valence electrons. The molecule has 20 heteroatoms. The molecule has 3 rings (SSSR count). The predicted molar refractivity (Wildman–Crippen MR) is 184 cm³/mol. The third-order valence-corrected chi connectivity index (χ3v) is 33.9. The van der Waals surface area contributed by atoms with Crippen molar-refractivity contribution in [2.45, 2.75) is 0 Å². The number of aromatic nitrogens is 1. The van der Waals surface area contributed by atoms with Gasteiger partial charge in [-0.05, 0) is 12.1 Å². The van der Waals surface area contributed by atoms with Crippen LogP contribution in [0.15, 0.2) is 42.5 Å². The molecule has 0 bridgehead atoms. The fourth-order valence-corrected chi connectivity index (χ4v) is 37.5. The minimum atomic E-state index is -0.924. The summed E-state index contributed by atoms with van der Waals surface area (Å²) in [5.74, 6) is -1.72. The van der Waals surface area contributed by atoms with Crippen molar-refractivity contribution in [1.82, 2.24) is 4.98 Å². The lowest BCUT2D eigenvalue weighted by Crippen LogP contribution is -2.21. The van der Waals surface area contributed by atoms with Crippen molar-refractivity contribution in [1.29, 1.82) is 0 Å². The molecule has 0 aliphatic heterocycles. The zero-order valence-corrected chi connectivity index (χ0v) is 28.8. The molecule has 0 amide bonds. The molecular formula is C13H7NO2S17. The van der Waals surface area contributed by atoms with Crippen molar-refractivity contribution < 1.29 is 15.1 Å². The van der Waals surface area contributed by atoms with E-state index in [-0.39, 0.29) is 28.4 Å². The first-order valence-corrected chi connectivity index (χ1v) is 28.6. The van der Waals surface area contributed by atoms with Crippen LogP contribution in [0.25, 0.3) is 11.3 Å². The average Bonchev–Trinajstić information content (AvgIpc) is 2.91. The van der Waals surface area contributed by atoms with Crippen molar-refractivity contribution in [3.8, 4) is 11.3 Å². The maximum atomic E-state index is 12.1. The molecule has 1 aliphatic rings. The van der Waals surface area contributed by atoms with Crippen LogP contribution >= 0.6 is 0 Å². The van der Waals surface area contributed by atoms with Gasteiger partial charge in [-0.15, -0.1) is 0 Å². The van der Waals surface area contributed by atoms with Gasteiger partial charge in [0.25, 0.3) is 0 Å². The summed E-state index contributed by atoms with van der Waals surface area (Å²) in [7, 11) is 25.4. The molecule has 0 unspecified atom stereocenters. The second-order valence-corrected chi connectivity index (χ2v) is 30.9. The highest BCUT2D eigenvalue weighted by Gasteiger charge is 2.30. The van der Waals surface area contributed by atoms with E-state index in [0.29, 0.717) is 0 Å². The molecular weight excluding hydrogens is 747 g/mol. The summed E-state index contributed by atoms with van der Waals surface area (Å²) in [5.41, 5.74) is -0.113. The first-order valence-electron chi connectivity index (χ1n) is 9.26. The second-order valence-electron chi connectivity index (χ2n) is 4.33. The van der Waals surface area contributed by atoms with Crippen LogP contribution in [0.3, 0.4) is 0 Å². The summed E-state index contributed by atoms with van der Waals surface area (Å²) < 4.78 is 30.9. The second kappa shape index (κ2) is 19.5. The Morgan fingerprint density at radius 2 is 1.06 bits per heavy atom. The molecule has 0 atom stereocenters. The van der Waals surface area contributed by atoms with E-state index in [1.807, 2.05) is 0 Å². The first-order chi connectivity index (χ1) is 17.9. The van der Waals surface area contributed by atoms with Gasteiger partial charge in [0.2, 0.25) is 11.6 Å². The van der Waals surface area contributed by atoms with Crippen molar-refractivity contribution in [2.75, 3.05) is 0 Å². The summed E-state index contributed by atoms with van der Waals surface area (Å²) in [4.78, 5) is 28.1. The molecule has 1 aliphatic carbocycles. The van der Waals surface area contributed by atoms with E-state index in [4.69, 9.17) is 27.9 Å². The van der Waals surface area contributed by atoms with E-state index in [0.717, 1.165) is 0 Å². The Hall–Kier alpha value is 1.45. The Labute approximate surface area is 248 Å². The fourth-order valence-electron chi connectivity index (χ4n) is 1.83. The van der Waals surface area contributed by atoms with Gasteiger partial charge >= 0.3 is 0 Å². The number of pyridine rings is 1. The van der Waals surface area contributed by atoms with Gasteiger partial charge in [-0.1, -0.05) is 24.2 Å². The summed E-state index contributed by atoms with van der Waals surface area (Å²) in [6.45, 7) is 0. The van der Waals surface area contributed by atoms with Crippen LogP contribution in [0.2, 0.25) is 0 Å². The van der Waals surface area contributed by atoms with E-state index in [1.54, 1.807) is 115 Å². The summed E-state index contributed by atoms with van der Waals surface area (Å²) in [6.07, 6.45) is 1.41. The molecule has 0 N–H and O–H groups in total. The molecule has 2 aromatic rings. The van der Waals surface area contributed by atoms with Gasteiger partial charge in [-0.3, -0.25) is 14.6 Å². The quantitative estimate of drug-likeness (QED) is 0.386. The minimum absolute atomic E-state index is 0.00352. The number of benzene rings is 1. The van der Waals surface area contributed by atoms with Crippen LogP contribution in [-0.2, 0) is 156 Å². The Bertz CT molecular complexity index is 1880. The monoisotopic (exact) mass is 757 g/mol. The molecule has 0 spiro atoms. The van der Waals surface area contributed by atoms with Gasteiger partial charge in [-0.25, -0.2) is 0 Å². The Morgan fingerprint density at radius 3 is 1.55 bits per heavy atom. The Kier molecular flexibility index (Phi) is 14.7. The van der Waals surface area contributed by atoms with Crippen LogP contribution < -0.4 is 0 Å². The molecule has 1 aromatic heterocycles. The smallest absolute Gasteiger partial charge is 0.235 e. The number of fused-ring (bicyclic) bond motifs is 3. The van der Waals surface area contributed by atoms with Crippen LogP contribution in [0.5, 0.6) is 0 Å². The zero-order valence-electron chi connectivity index (χ0n) is 18.9. The SMILES string of the molecule is S=S=S=S=S=S=S=S=S=S=S=S=S=S=S=S=S.[2H]c1c([2H])c([2H])c2c(c1[2H])C(=O)C(=O)c1cccnc1-2. The predicted octanol–water partition coefficient (Wildman–Crippen LogP) is 2.09. The van der Waals surface area contributed by atoms with Gasteiger partial charge in [0.1, 0.15) is 0 Å². The van der Waals surface area contributed by atoms with Gasteiger partial charge < -0.3 is 0 Å². The zero-order chi connectivity index (χ0) is 27.2. The standard InChI is InChI=1S/C13H7NO2.S17/c15-12-9-5-2-1-4-8(9)11-10(13(12)16)6-3-7-14-11;1-3-5-7-9-11-13-15-17-16-14-12-10-8-6-4-2/h1-7H;/i1D,2D,4D,5D;. The molecule has 1 aromatic carbocycles. The fraction of sp³-hybridized carbons (Fsp3) is 0. The normalized spacial score (nSPS) is 11.9. The summed E-state index contributed by atoms with van der Waals surface area (Å²) in [6, 6.07) is 1.08. The maximum absolute atomic E-state index is 12.1. The van der Waals surface area contributed by atoms with Crippen LogP contribution in [0.4, 0.5) is 0 Å². The molecule has 3 nitrogen and oxygen atoms in total. The van der Waals surface area contributed by atoms with E-state index < -0.39 is 29.7 Å². The van der Waals surface area contributed by atoms with Gasteiger partial charge in [-0.2, -0.15) is 0 Å². The first kappa shape index (κ1) is 24.8. The van der Waals surface area contributed by atoms with E-state index >= 15 is 0 Å². The lowest BCUT2D eigenvalue weighted by atomic mass is 9.87. The lowest BCUT2D eigenvalue weighted by Gasteiger charge is -2.15. The number of hydrogen-bond donors (Lipinski definition) is 0. The van der Waals surface area contributed by atoms with Gasteiger partial charge in [0, 0.05) is 173 Å². The van der Waals surface area contributed by atoms with Crippen LogP contribution in [-0.4, -0.2) is 16.6 Å². The number of hydrogen-bond acceptors (Lipinski definition) is 5. The van der Waals surface area contributed by atoms with Gasteiger partial charge in [0.05, 0.1) is 16.7 Å². The lowest BCUT2D eigenvalue weighted by molar-refractivity contribution is 0.0815. The maximum Gasteiger partial charge on any atom is 0.235 e. The number of ketones is 2. The topological polar surface area (TPSA) is 47.0 Å². The third kappa shape index (κ3) is 11.6. The number of nitrogens with zero attached hydrogens (tertiary/aromatic N) is 1. The van der Waals surface area contributed by atoms with Crippen molar-refractivity contribution in [3.05, 3.63) is 53.6 Å². The average molecular weight is 758 g/mol. The van der Waals surface area contributed by atoms with E-state index in [2.05, 4.69) is 4.98 Å². The van der Waals surface area contributed by atoms with Crippen molar-refractivity contribution in [3.63, 3.8) is 0 Å². The van der Waals surface area contributed by atoms with Crippen molar-refractivity contribution >= 4 is 167 Å². The highest BCUT2D eigenvalue weighted by molar-refractivity contribution is 8.77. The number of carbonyl (C=O) groups is 2. The molecule has 0 saturated carbocycles. The molecule has 33 heavy (non-hydrogen) atoms. The van der Waals surface area contributed by atoms with E-state index in [9.17, 15) is 9.59 Å². The minimum Gasteiger partial charge on any atom is -0.285 e. The van der Waals surface area contributed by atoms with Crippen molar-refractivity contribution in [2.24, 2.45) is 0 Å². The van der Waals surface area contributed by atoms with Gasteiger partial charge in [0.15, 0.2) is 0 Å². The van der Waals surface area contributed by atoms with E-state index in [1.165, 1.54) is 36.1 Å². The molecule has 1 heterocycles. The largest absolute Gasteiger partial charge is 0.285 e. The molecule has 0 saturated heterocycles. The molecule has 0 radical (unpaired) electrons.